The van der Waals surface area contributed by atoms with Crippen molar-refractivity contribution in [2.24, 2.45) is 0 Å². The number of amides is 2. The molecule has 0 spiro atoms. The monoisotopic (exact) mass is 311 g/mol. The molecule has 1 heterocycles. The lowest BCUT2D eigenvalue weighted by atomic mass is 9.99. The maximum Gasteiger partial charge on any atom is 0.413 e. The molecule has 1 aliphatic carbocycles. The van der Waals surface area contributed by atoms with Gasteiger partial charge in [0, 0.05) is 4.88 Å². The number of esters is 1. The number of hydrogen-bond acceptors (Lipinski definition) is 6. The molecule has 0 saturated heterocycles. The van der Waals surface area contributed by atoms with Crippen molar-refractivity contribution in [1.82, 2.24) is 5.32 Å². The number of nitrogens with one attached hydrogen (secondary N) is 1. The Kier molecular flexibility index (Phi) is 4.95. The van der Waals surface area contributed by atoms with Gasteiger partial charge in [-0.05, 0) is 44.2 Å². The second-order valence-corrected chi connectivity index (χ2v) is 5.93. The molecule has 1 aromatic heterocycles. The molecule has 0 bridgehead atoms. The van der Waals surface area contributed by atoms with E-state index in [1.807, 2.05) is 11.4 Å². The van der Waals surface area contributed by atoms with Crippen LogP contribution in [0.15, 0.2) is 6.07 Å². The molecule has 0 aliphatic heterocycles. The van der Waals surface area contributed by atoms with Crippen molar-refractivity contribution in [3.8, 4) is 0 Å². The van der Waals surface area contributed by atoms with Crippen LogP contribution in [0.5, 0.6) is 0 Å². The summed E-state index contributed by atoms with van der Waals surface area (Å²) in [4.78, 5) is 36.3. The van der Waals surface area contributed by atoms with Crippen LogP contribution in [0.3, 0.4) is 0 Å². The van der Waals surface area contributed by atoms with Crippen LogP contribution in [0.1, 0.15) is 39.9 Å². The number of carbonyl (C=O) groups is 3. The smallest absolute Gasteiger partial charge is 0.413 e. The van der Waals surface area contributed by atoms with Crippen LogP contribution in [0.25, 0.3) is 0 Å². The molecule has 2 rings (SSSR count). The molecule has 1 atom stereocenters. The third kappa shape index (κ3) is 3.81. The van der Waals surface area contributed by atoms with E-state index in [9.17, 15) is 14.4 Å². The molecule has 2 amide bonds. The van der Waals surface area contributed by atoms with Crippen molar-refractivity contribution in [3.63, 3.8) is 0 Å². The van der Waals surface area contributed by atoms with Gasteiger partial charge in [-0.2, -0.15) is 0 Å². The molecule has 0 unspecified atom stereocenters. The Labute approximate surface area is 126 Å². The number of methoxy groups -OCH3 is 1. The number of alkyl carbamates (subject to hydrolysis) is 1. The fourth-order valence-electron chi connectivity index (χ4n) is 2.12. The van der Waals surface area contributed by atoms with Crippen molar-refractivity contribution < 1.29 is 23.9 Å². The van der Waals surface area contributed by atoms with Gasteiger partial charge in [-0.25, -0.2) is 9.59 Å². The van der Waals surface area contributed by atoms with Gasteiger partial charge < -0.3 is 9.47 Å². The number of ether oxygens (including phenoxy) is 2. The van der Waals surface area contributed by atoms with Gasteiger partial charge in [0.05, 0.1) is 7.11 Å². The lowest BCUT2D eigenvalue weighted by molar-refractivity contribution is -0.128. The standard InChI is InChI=1S/C14H17NO5S/c1-8(12(16)15-14(18)19-2)20-13(17)11-7-9-5-3-4-6-10(9)21-11/h7-8H,3-6H2,1-2H3,(H,15,16,18)/t8-/m0/s1. The molecular weight excluding hydrogens is 294 g/mol. The highest BCUT2D eigenvalue weighted by Crippen LogP contribution is 2.30. The Balaban J connectivity index is 1.96. The van der Waals surface area contributed by atoms with E-state index in [1.165, 1.54) is 28.7 Å². The quantitative estimate of drug-likeness (QED) is 0.864. The van der Waals surface area contributed by atoms with Crippen LogP contribution < -0.4 is 5.32 Å². The fourth-order valence-corrected chi connectivity index (χ4v) is 3.25. The van der Waals surface area contributed by atoms with Crippen molar-refractivity contribution >= 4 is 29.3 Å². The topological polar surface area (TPSA) is 81.7 Å². The first-order valence-corrected chi connectivity index (χ1v) is 7.54. The molecule has 0 aromatic carbocycles. The number of imide groups is 1. The van der Waals surface area contributed by atoms with Crippen LogP contribution in [0.2, 0.25) is 0 Å². The number of carbonyl (C=O) groups excluding carboxylic acids is 3. The van der Waals surface area contributed by atoms with E-state index in [1.54, 1.807) is 0 Å². The molecule has 1 aliphatic rings. The van der Waals surface area contributed by atoms with Gasteiger partial charge in [0.2, 0.25) is 0 Å². The molecule has 21 heavy (non-hydrogen) atoms. The van der Waals surface area contributed by atoms with E-state index < -0.39 is 24.1 Å². The average Bonchev–Trinajstić information content (AvgIpc) is 2.90. The zero-order chi connectivity index (χ0) is 15.4. The molecule has 0 fully saturated rings. The number of aryl methyl sites for hydroxylation is 2. The number of hydrogen-bond donors (Lipinski definition) is 1. The highest BCUT2D eigenvalue weighted by Gasteiger charge is 2.23. The zero-order valence-corrected chi connectivity index (χ0v) is 12.7. The Morgan fingerprint density at radius 1 is 1.29 bits per heavy atom. The van der Waals surface area contributed by atoms with Crippen LogP contribution in [-0.4, -0.2) is 31.2 Å². The highest BCUT2D eigenvalue weighted by molar-refractivity contribution is 7.14. The van der Waals surface area contributed by atoms with E-state index >= 15 is 0 Å². The molecular formula is C14H17NO5S. The predicted molar refractivity (Wildman–Crippen MR) is 76.4 cm³/mol. The molecule has 1 aromatic rings. The summed E-state index contributed by atoms with van der Waals surface area (Å²) in [6.07, 6.45) is 2.31. The number of thiophene rings is 1. The second kappa shape index (κ2) is 6.71. The van der Waals surface area contributed by atoms with Crippen molar-refractivity contribution in [3.05, 3.63) is 21.4 Å². The maximum absolute atomic E-state index is 12.0. The minimum atomic E-state index is -1.06. The summed E-state index contributed by atoms with van der Waals surface area (Å²) in [7, 11) is 1.15. The SMILES string of the molecule is COC(=O)NC(=O)[C@H](C)OC(=O)c1cc2c(s1)CCCC2. The molecule has 6 nitrogen and oxygen atoms in total. The van der Waals surface area contributed by atoms with Crippen LogP contribution >= 0.6 is 11.3 Å². The summed E-state index contributed by atoms with van der Waals surface area (Å²) in [6.45, 7) is 1.41. The predicted octanol–water partition coefficient (Wildman–Crippen LogP) is 2.05. The highest BCUT2D eigenvalue weighted by atomic mass is 32.1. The van der Waals surface area contributed by atoms with Crippen molar-refractivity contribution in [2.45, 2.75) is 38.7 Å². The summed E-state index contributed by atoms with van der Waals surface area (Å²) in [5, 5.41) is 1.96. The largest absolute Gasteiger partial charge is 0.453 e. The van der Waals surface area contributed by atoms with Crippen LogP contribution in [0.4, 0.5) is 4.79 Å². The van der Waals surface area contributed by atoms with Crippen LogP contribution in [-0.2, 0) is 27.1 Å². The van der Waals surface area contributed by atoms with E-state index in [-0.39, 0.29) is 0 Å². The fraction of sp³-hybridized carbons (Fsp3) is 0.500. The van der Waals surface area contributed by atoms with Gasteiger partial charge in [-0.3, -0.25) is 10.1 Å². The minimum Gasteiger partial charge on any atom is -0.453 e. The van der Waals surface area contributed by atoms with Gasteiger partial charge in [0.15, 0.2) is 6.10 Å². The minimum absolute atomic E-state index is 0.500. The lowest BCUT2D eigenvalue weighted by Crippen LogP contribution is -2.39. The van der Waals surface area contributed by atoms with Gasteiger partial charge in [0.1, 0.15) is 4.88 Å². The Morgan fingerprint density at radius 3 is 2.67 bits per heavy atom. The molecule has 1 N–H and O–H groups in total. The average molecular weight is 311 g/mol. The summed E-state index contributed by atoms with van der Waals surface area (Å²) in [5.41, 5.74) is 1.20. The summed E-state index contributed by atoms with van der Waals surface area (Å²) < 4.78 is 9.38. The molecule has 0 radical (unpaired) electrons. The van der Waals surface area contributed by atoms with Crippen molar-refractivity contribution in [2.75, 3.05) is 7.11 Å². The molecule has 114 valence electrons. The molecule has 7 heteroatoms. The normalized spacial score (nSPS) is 14.8. The van der Waals surface area contributed by atoms with E-state index in [0.29, 0.717) is 4.88 Å². The van der Waals surface area contributed by atoms with E-state index in [2.05, 4.69) is 4.74 Å². The van der Waals surface area contributed by atoms with Gasteiger partial charge in [0.25, 0.3) is 5.91 Å². The number of rotatable bonds is 3. The summed E-state index contributed by atoms with van der Waals surface area (Å²) in [6, 6.07) is 1.84. The first-order chi connectivity index (χ1) is 10.0. The lowest BCUT2D eigenvalue weighted by Gasteiger charge is -2.11. The zero-order valence-electron chi connectivity index (χ0n) is 11.9. The second-order valence-electron chi connectivity index (χ2n) is 4.79. The third-order valence-corrected chi connectivity index (χ3v) is 4.48. The first kappa shape index (κ1) is 15.5. The maximum atomic E-state index is 12.0. The van der Waals surface area contributed by atoms with Gasteiger partial charge >= 0.3 is 12.1 Å². The Bertz CT molecular complexity index is 542. The molecule has 0 saturated carbocycles. The van der Waals surface area contributed by atoms with Gasteiger partial charge in [-0.1, -0.05) is 0 Å². The first-order valence-electron chi connectivity index (χ1n) is 6.72. The van der Waals surface area contributed by atoms with Crippen molar-refractivity contribution in [1.29, 1.82) is 0 Å². The third-order valence-electron chi connectivity index (χ3n) is 3.26. The Morgan fingerprint density at radius 2 is 2.00 bits per heavy atom. The van der Waals surface area contributed by atoms with Crippen LogP contribution in [0, 0.1) is 0 Å². The number of fused-ring (bicyclic) bond motifs is 1. The van der Waals surface area contributed by atoms with Gasteiger partial charge in [-0.15, -0.1) is 11.3 Å². The summed E-state index contributed by atoms with van der Waals surface area (Å²) in [5.74, 6) is -1.25. The Hall–Kier alpha value is -1.89. The van der Waals surface area contributed by atoms with E-state index in [4.69, 9.17) is 4.74 Å². The van der Waals surface area contributed by atoms with E-state index in [0.717, 1.165) is 32.8 Å². The summed E-state index contributed by atoms with van der Waals surface area (Å²) >= 11 is 1.42.